The molecule has 0 unspecified atom stereocenters. The van der Waals surface area contributed by atoms with Crippen LogP contribution in [0.3, 0.4) is 0 Å². The van der Waals surface area contributed by atoms with Crippen LogP contribution in [0.2, 0.25) is 0 Å². The van der Waals surface area contributed by atoms with Crippen LogP contribution in [0, 0.1) is 0 Å². The van der Waals surface area contributed by atoms with Crippen LogP contribution >= 0.6 is 0 Å². The minimum atomic E-state index is -0.427. The molecule has 0 bridgehead atoms. The summed E-state index contributed by atoms with van der Waals surface area (Å²) in [5.41, 5.74) is 2.80. The highest BCUT2D eigenvalue weighted by molar-refractivity contribution is 5.81. The predicted molar refractivity (Wildman–Crippen MR) is 91.9 cm³/mol. The third-order valence-electron chi connectivity index (χ3n) is 4.23. The summed E-state index contributed by atoms with van der Waals surface area (Å²) < 4.78 is 11.2. The Hall–Kier alpha value is -1.55. The monoisotopic (exact) mass is 319 g/mol. The van der Waals surface area contributed by atoms with Crippen LogP contribution in [0.5, 0.6) is 5.75 Å². The van der Waals surface area contributed by atoms with Gasteiger partial charge in [-0.2, -0.15) is 0 Å². The lowest BCUT2D eigenvalue weighted by Gasteiger charge is -2.20. The van der Waals surface area contributed by atoms with E-state index in [1.54, 1.807) is 0 Å². The molecule has 1 aromatic rings. The maximum atomic E-state index is 12.2. The van der Waals surface area contributed by atoms with Gasteiger partial charge < -0.3 is 14.8 Å². The Bertz CT molecular complexity index is 501. The molecule has 0 fully saturated rings. The summed E-state index contributed by atoms with van der Waals surface area (Å²) in [5, 5.41) is 2.93. The van der Waals surface area contributed by atoms with Crippen molar-refractivity contribution in [2.24, 2.45) is 0 Å². The molecule has 0 radical (unpaired) electrons. The van der Waals surface area contributed by atoms with E-state index in [2.05, 4.69) is 17.4 Å². The van der Waals surface area contributed by atoms with Crippen molar-refractivity contribution in [1.29, 1.82) is 0 Å². The molecule has 1 atom stereocenters. The van der Waals surface area contributed by atoms with Gasteiger partial charge in [0, 0.05) is 19.8 Å². The molecule has 1 aliphatic carbocycles. The Labute approximate surface area is 139 Å². The van der Waals surface area contributed by atoms with Crippen molar-refractivity contribution < 1.29 is 14.3 Å². The number of fused-ring (bicyclic) bond motifs is 1. The molecule has 128 valence electrons. The third kappa shape index (κ3) is 5.54. The SMILES string of the molecule is CCOCCCNC(=O)[C@H](CC)Oc1ccc2c(c1)CCCC2. The fourth-order valence-electron chi connectivity index (χ4n) is 2.91. The fourth-order valence-corrected chi connectivity index (χ4v) is 2.91. The van der Waals surface area contributed by atoms with E-state index >= 15 is 0 Å². The van der Waals surface area contributed by atoms with Gasteiger partial charge in [-0.25, -0.2) is 0 Å². The van der Waals surface area contributed by atoms with Crippen LogP contribution in [0.25, 0.3) is 0 Å². The van der Waals surface area contributed by atoms with E-state index in [1.165, 1.54) is 24.0 Å². The zero-order chi connectivity index (χ0) is 16.5. The normalized spacial score (nSPS) is 14.9. The highest BCUT2D eigenvalue weighted by Crippen LogP contribution is 2.26. The summed E-state index contributed by atoms with van der Waals surface area (Å²) in [6, 6.07) is 6.26. The van der Waals surface area contributed by atoms with Crippen molar-refractivity contribution in [1.82, 2.24) is 5.32 Å². The van der Waals surface area contributed by atoms with Crippen LogP contribution in [0.15, 0.2) is 18.2 Å². The maximum Gasteiger partial charge on any atom is 0.261 e. The summed E-state index contributed by atoms with van der Waals surface area (Å²) in [6.45, 7) is 5.97. The lowest BCUT2D eigenvalue weighted by Crippen LogP contribution is -2.38. The molecule has 0 spiro atoms. The molecule has 0 heterocycles. The molecule has 0 aliphatic heterocycles. The van der Waals surface area contributed by atoms with Crippen LogP contribution in [0.1, 0.15) is 50.7 Å². The van der Waals surface area contributed by atoms with Crippen LogP contribution < -0.4 is 10.1 Å². The Balaban J connectivity index is 1.84. The highest BCUT2D eigenvalue weighted by Gasteiger charge is 2.19. The van der Waals surface area contributed by atoms with Gasteiger partial charge in [0.1, 0.15) is 5.75 Å². The van der Waals surface area contributed by atoms with Crippen LogP contribution in [-0.2, 0) is 22.4 Å². The molecular formula is C19H29NO3. The van der Waals surface area contributed by atoms with Gasteiger partial charge in [-0.15, -0.1) is 0 Å². The van der Waals surface area contributed by atoms with E-state index in [1.807, 2.05) is 19.9 Å². The summed E-state index contributed by atoms with van der Waals surface area (Å²) in [6.07, 6.45) is 5.86. The quantitative estimate of drug-likeness (QED) is 0.711. The van der Waals surface area contributed by atoms with Crippen molar-refractivity contribution in [3.05, 3.63) is 29.3 Å². The number of ether oxygens (including phenoxy) is 2. The average Bonchev–Trinajstić information content (AvgIpc) is 2.59. The second kappa shape index (κ2) is 9.56. The zero-order valence-electron chi connectivity index (χ0n) is 14.4. The van der Waals surface area contributed by atoms with Crippen molar-refractivity contribution >= 4 is 5.91 Å². The summed E-state index contributed by atoms with van der Waals surface area (Å²) >= 11 is 0. The number of carbonyl (C=O) groups is 1. The number of hydrogen-bond acceptors (Lipinski definition) is 3. The number of aryl methyl sites for hydroxylation is 2. The van der Waals surface area contributed by atoms with Gasteiger partial charge in [-0.1, -0.05) is 13.0 Å². The molecule has 1 aromatic carbocycles. The second-order valence-corrected chi connectivity index (χ2v) is 5.99. The van der Waals surface area contributed by atoms with Gasteiger partial charge >= 0.3 is 0 Å². The van der Waals surface area contributed by atoms with Crippen LogP contribution in [-0.4, -0.2) is 31.8 Å². The minimum absolute atomic E-state index is 0.0401. The molecule has 1 aliphatic rings. The molecule has 1 amide bonds. The third-order valence-corrected chi connectivity index (χ3v) is 4.23. The smallest absolute Gasteiger partial charge is 0.261 e. The molecule has 0 aromatic heterocycles. The van der Waals surface area contributed by atoms with Gasteiger partial charge in [-0.3, -0.25) is 4.79 Å². The van der Waals surface area contributed by atoms with E-state index in [-0.39, 0.29) is 5.91 Å². The molecule has 0 saturated heterocycles. The number of rotatable bonds is 9. The van der Waals surface area contributed by atoms with E-state index < -0.39 is 6.10 Å². The van der Waals surface area contributed by atoms with Crippen LogP contribution in [0.4, 0.5) is 0 Å². The van der Waals surface area contributed by atoms with E-state index in [0.29, 0.717) is 26.2 Å². The van der Waals surface area contributed by atoms with Gasteiger partial charge in [0.15, 0.2) is 6.10 Å². The average molecular weight is 319 g/mol. The second-order valence-electron chi connectivity index (χ2n) is 5.99. The molecular weight excluding hydrogens is 290 g/mol. The number of benzene rings is 1. The maximum absolute atomic E-state index is 12.2. The van der Waals surface area contributed by atoms with Gasteiger partial charge in [0.2, 0.25) is 0 Å². The van der Waals surface area contributed by atoms with Crippen molar-refractivity contribution in [2.75, 3.05) is 19.8 Å². The largest absolute Gasteiger partial charge is 0.481 e. The number of nitrogens with one attached hydrogen (secondary N) is 1. The zero-order valence-corrected chi connectivity index (χ0v) is 14.4. The molecule has 2 rings (SSSR count). The van der Waals surface area contributed by atoms with E-state index in [0.717, 1.165) is 25.0 Å². The standard InChI is InChI=1S/C19H29NO3/c1-3-18(19(21)20-12-7-13-22-4-2)23-17-11-10-15-8-5-6-9-16(15)14-17/h10-11,14,18H,3-9,12-13H2,1-2H3,(H,20,21)/t18-/m0/s1. The molecule has 4 nitrogen and oxygen atoms in total. The van der Waals surface area contributed by atoms with Crippen molar-refractivity contribution in [2.45, 2.75) is 58.5 Å². The van der Waals surface area contributed by atoms with E-state index in [4.69, 9.17) is 9.47 Å². The summed E-state index contributed by atoms with van der Waals surface area (Å²) in [7, 11) is 0. The molecule has 4 heteroatoms. The van der Waals surface area contributed by atoms with Crippen molar-refractivity contribution in [3.8, 4) is 5.75 Å². The Morgan fingerprint density at radius 1 is 1.22 bits per heavy atom. The number of carbonyl (C=O) groups excluding carboxylic acids is 1. The Morgan fingerprint density at radius 3 is 2.74 bits per heavy atom. The first-order valence-corrected chi connectivity index (χ1v) is 8.88. The van der Waals surface area contributed by atoms with Crippen molar-refractivity contribution in [3.63, 3.8) is 0 Å². The summed E-state index contributed by atoms with van der Waals surface area (Å²) in [5.74, 6) is 0.767. The molecule has 0 saturated carbocycles. The fraction of sp³-hybridized carbons (Fsp3) is 0.632. The summed E-state index contributed by atoms with van der Waals surface area (Å²) in [4.78, 5) is 12.2. The Kier molecular flexibility index (Phi) is 7.40. The van der Waals surface area contributed by atoms with Gasteiger partial charge in [0.05, 0.1) is 0 Å². The molecule has 23 heavy (non-hydrogen) atoms. The first kappa shape index (κ1) is 17.8. The minimum Gasteiger partial charge on any atom is -0.481 e. The predicted octanol–water partition coefficient (Wildman–Crippen LogP) is 3.27. The van der Waals surface area contributed by atoms with E-state index in [9.17, 15) is 4.79 Å². The lowest BCUT2D eigenvalue weighted by molar-refractivity contribution is -0.128. The van der Waals surface area contributed by atoms with Gasteiger partial charge in [0.25, 0.3) is 5.91 Å². The first-order valence-electron chi connectivity index (χ1n) is 8.88. The topological polar surface area (TPSA) is 47.6 Å². The highest BCUT2D eigenvalue weighted by atomic mass is 16.5. The number of amides is 1. The Morgan fingerprint density at radius 2 is 2.00 bits per heavy atom. The first-order chi connectivity index (χ1) is 11.2. The molecule has 1 N–H and O–H groups in total. The van der Waals surface area contributed by atoms with Gasteiger partial charge in [-0.05, 0) is 68.7 Å². The number of hydrogen-bond donors (Lipinski definition) is 1. The lowest BCUT2D eigenvalue weighted by atomic mass is 9.92.